The number of nitrogens with one attached hydrogen (secondary N) is 1. The van der Waals surface area contributed by atoms with Crippen LogP contribution in [-0.2, 0) is 10.4 Å². The van der Waals surface area contributed by atoms with Gasteiger partial charge >= 0.3 is 0 Å². The molecule has 0 saturated heterocycles. The van der Waals surface area contributed by atoms with E-state index in [2.05, 4.69) is 5.32 Å². The summed E-state index contributed by atoms with van der Waals surface area (Å²) in [6, 6.07) is 9.52. The minimum absolute atomic E-state index is 0.265. The van der Waals surface area contributed by atoms with Gasteiger partial charge in [-0.2, -0.15) is 0 Å². The molecule has 3 rings (SSSR count). The largest absolute Gasteiger partial charge is 0.372 e. The van der Waals surface area contributed by atoms with E-state index < -0.39 is 11.5 Å². The standard InChI is InChI=1S/C14H8Cl3NO2/c15-9-5-4-7(6-11(9)17)14(20)8-2-1-3-10(16)12(8)18-13(14)19/h1-6,20H,(H,18,19). The highest BCUT2D eigenvalue weighted by Gasteiger charge is 2.47. The molecule has 2 N–H and O–H groups in total. The summed E-state index contributed by atoms with van der Waals surface area (Å²) in [6.07, 6.45) is 0. The summed E-state index contributed by atoms with van der Waals surface area (Å²) >= 11 is 17.9. The maximum atomic E-state index is 12.2. The summed E-state index contributed by atoms with van der Waals surface area (Å²) in [4.78, 5) is 12.2. The normalized spacial score (nSPS) is 20.7. The third-order valence-electron chi connectivity index (χ3n) is 3.31. The molecule has 1 aliphatic rings. The van der Waals surface area contributed by atoms with Crippen molar-refractivity contribution in [3.05, 3.63) is 62.6 Å². The molecule has 1 aliphatic heterocycles. The summed E-state index contributed by atoms with van der Waals surface area (Å²) < 4.78 is 0. The minimum atomic E-state index is -1.82. The first-order chi connectivity index (χ1) is 9.44. The lowest BCUT2D eigenvalue weighted by atomic mass is 9.87. The zero-order valence-corrected chi connectivity index (χ0v) is 12.2. The van der Waals surface area contributed by atoms with E-state index in [1.165, 1.54) is 12.1 Å². The highest BCUT2D eigenvalue weighted by atomic mass is 35.5. The number of fused-ring (bicyclic) bond motifs is 1. The molecule has 0 aliphatic carbocycles. The second-order valence-electron chi connectivity index (χ2n) is 4.46. The smallest absolute Gasteiger partial charge is 0.265 e. The SMILES string of the molecule is O=C1Nc2c(Cl)cccc2C1(O)c1ccc(Cl)c(Cl)c1. The number of anilines is 1. The van der Waals surface area contributed by atoms with Gasteiger partial charge in [-0.15, -0.1) is 0 Å². The van der Waals surface area contributed by atoms with Gasteiger partial charge in [0.2, 0.25) is 0 Å². The Hall–Kier alpha value is -1.26. The molecule has 0 aromatic heterocycles. The molecule has 0 fully saturated rings. The van der Waals surface area contributed by atoms with Crippen molar-refractivity contribution in [2.75, 3.05) is 5.32 Å². The number of hydrogen-bond donors (Lipinski definition) is 2. The summed E-state index contributed by atoms with van der Waals surface area (Å²) in [6.45, 7) is 0. The average Bonchev–Trinajstić information content (AvgIpc) is 2.68. The molecule has 0 saturated carbocycles. The Labute approximate surface area is 130 Å². The Kier molecular flexibility index (Phi) is 3.18. The monoisotopic (exact) mass is 327 g/mol. The average molecular weight is 329 g/mol. The molecule has 2 aromatic rings. The van der Waals surface area contributed by atoms with Crippen LogP contribution in [0.3, 0.4) is 0 Å². The lowest BCUT2D eigenvalue weighted by molar-refractivity contribution is -0.129. The minimum Gasteiger partial charge on any atom is -0.372 e. The van der Waals surface area contributed by atoms with Gasteiger partial charge < -0.3 is 10.4 Å². The zero-order chi connectivity index (χ0) is 14.5. The third-order valence-corrected chi connectivity index (χ3v) is 4.36. The molecule has 0 bridgehead atoms. The van der Waals surface area contributed by atoms with E-state index in [4.69, 9.17) is 34.8 Å². The van der Waals surface area contributed by atoms with E-state index in [0.717, 1.165) is 0 Å². The molecule has 0 radical (unpaired) electrons. The highest BCUT2D eigenvalue weighted by Crippen LogP contribution is 2.44. The summed E-state index contributed by atoms with van der Waals surface area (Å²) in [5, 5.41) is 14.4. The van der Waals surface area contributed by atoms with Crippen molar-refractivity contribution < 1.29 is 9.90 Å². The molecule has 3 nitrogen and oxygen atoms in total. The van der Waals surface area contributed by atoms with E-state index in [0.29, 0.717) is 26.9 Å². The number of amides is 1. The Morgan fingerprint density at radius 1 is 1.00 bits per heavy atom. The van der Waals surface area contributed by atoms with Gasteiger partial charge in [0.1, 0.15) is 0 Å². The molecule has 1 heterocycles. The molecule has 0 spiro atoms. The second-order valence-corrected chi connectivity index (χ2v) is 5.68. The molecule has 20 heavy (non-hydrogen) atoms. The van der Waals surface area contributed by atoms with Crippen LogP contribution in [0.1, 0.15) is 11.1 Å². The summed E-state index contributed by atoms with van der Waals surface area (Å²) in [5.74, 6) is -0.570. The zero-order valence-electron chi connectivity index (χ0n) is 9.95. The van der Waals surface area contributed by atoms with Gasteiger partial charge in [-0.3, -0.25) is 4.79 Å². The number of aliphatic hydroxyl groups is 1. The number of rotatable bonds is 1. The second kappa shape index (κ2) is 4.64. The molecule has 1 unspecified atom stereocenters. The number of carbonyl (C=O) groups is 1. The highest BCUT2D eigenvalue weighted by molar-refractivity contribution is 6.42. The van der Waals surface area contributed by atoms with Crippen LogP contribution in [0.5, 0.6) is 0 Å². The summed E-state index contributed by atoms with van der Waals surface area (Å²) in [7, 11) is 0. The van der Waals surface area contributed by atoms with Crippen molar-refractivity contribution in [2.24, 2.45) is 0 Å². The summed E-state index contributed by atoms with van der Waals surface area (Å²) in [5.41, 5.74) is -0.680. The van der Waals surface area contributed by atoms with E-state index in [1.807, 2.05) is 0 Å². The first-order valence-corrected chi connectivity index (χ1v) is 6.86. The van der Waals surface area contributed by atoms with E-state index in [9.17, 15) is 9.90 Å². The van der Waals surface area contributed by atoms with Crippen molar-refractivity contribution in [3.63, 3.8) is 0 Å². The fraction of sp³-hybridized carbons (Fsp3) is 0.0714. The maximum Gasteiger partial charge on any atom is 0.265 e. The van der Waals surface area contributed by atoms with Crippen molar-refractivity contribution in [1.29, 1.82) is 0 Å². The molecule has 102 valence electrons. The molecular weight excluding hydrogens is 321 g/mol. The molecular formula is C14H8Cl3NO2. The van der Waals surface area contributed by atoms with Crippen LogP contribution in [0, 0.1) is 0 Å². The number of carbonyl (C=O) groups excluding carboxylic acids is 1. The van der Waals surface area contributed by atoms with Crippen LogP contribution in [0.2, 0.25) is 15.1 Å². The van der Waals surface area contributed by atoms with E-state index in [1.54, 1.807) is 24.3 Å². The fourth-order valence-corrected chi connectivity index (χ4v) is 2.81. The van der Waals surface area contributed by atoms with Crippen molar-refractivity contribution in [2.45, 2.75) is 5.60 Å². The van der Waals surface area contributed by atoms with Gasteiger partial charge in [-0.05, 0) is 23.8 Å². The number of para-hydroxylation sites is 1. The van der Waals surface area contributed by atoms with Crippen LogP contribution >= 0.6 is 34.8 Å². The van der Waals surface area contributed by atoms with Crippen molar-refractivity contribution in [3.8, 4) is 0 Å². The third kappa shape index (κ3) is 1.82. The molecule has 2 aromatic carbocycles. The van der Waals surface area contributed by atoms with Crippen LogP contribution in [0.15, 0.2) is 36.4 Å². The van der Waals surface area contributed by atoms with Crippen LogP contribution < -0.4 is 5.32 Å². The number of benzene rings is 2. The molecule has 6 heteroatoms. The van der Waals surface area contributed by atoms with Gasteiger partial charge in [0.05, 0.1) is 20.8 Å². The topological polar surface area (TPSA) is 49.3 Å². The van der Waals surface area contributed by atoms with Gasteiger partial charge in [0.25, 0.3) is 5.91 Å². The molecule has 1 atom stereocenters. The van der Waals surface area contributed by atoms with Gasteiger partial charge in [-0.25, -0.2) is 0 Å². The predicted octanol–water partition coefficient (Wildman–Crippen LogP) is 3.83. The maximum absolute atomic E-state index is 12.2. The van der Waals surface area contributed by atoms with Gasteiger partial charge in [-0.1, -0.05) is 53.0 Å². The van der Waals surface area contributed by atoms with E-state index >= 15 is 0 Å². The Morgan fingerprint density at radius 3 is 2.45 bits per heavy atom. The predicted molar refractivity (Wildman–Crippen MR) is 79.5 cm³/mol. The quantitative estimate of drug-likeness (QED) is 0.836. The van der Waals surface area contributed by atoms with Gasteiger partial charge in [0, 0.05) is 5.56 Å². The van der Waals surface area contributed by atoms with E-state index in [-0.39, 0.29) is 5.02 Å². The van der Waals surface area contributed by atoms with Crippen LogP contribution in [-0.4, -0.2) is 11.0 Å². The van der Waals surface area contributed by atoms with Gasteiger partial charge in [0.15, 0.2) is 5.60 Å². The number of hydrogen-bond acceptors (Lipinski definition) is 2. The lowest BCUT2D eigenvalue weighted by Crippen LogP contribution is -2.35. The fourth-order valence-electron chi connectivity index (χ4n) is 2.29. The Bertz CT molecular complexity index is 732. The first-order valence-electron chi connectivity index (χ1n) is 5.73. The Balaban J connectivity index is 2.24. The Morgan fingerprint density at radius 2 is 1.75 bits per heavy atom. The van der Waals surface area contributed by atoms with Crippen LogP contribution in [0.4, 0.5) is 5.69 Å². The first kappa shape index (κ1) is 13.7. The lowest BCUT2D eigenvalue weighted by Gasteiger charge is -2.21. The molecule has 1 amide bonds. The number of halogens is 3. The van der Waals surface area contributed by atoms with Crippen molar-refractivity contribution in [1.82, 2.24) is 0 Å². The van der Waals surface area contributed by atoms with Crippen LogP contribution in [0.25, 0.3) is 0 Å². The van der Waals surface area contributed by atoms with Crippen molar-refractivity contribution >= 4 is 46.4 Å².